The Hall–Kier alpha value is -2.90. The molecular formula is C12H9N5O3. The van der Waals surface area contributed by atoms with Crippen LogP contribution in [0, 0.1) is 0 Å². The second-order valence-electron chi connectivity index (χ2n) is 3.92. The van der Waals surface area contributed by atoms with Gasteiger partial charge in [-0.2, -0.15) is 20.3 Å². The van der Waals surface area contributed by atoms with E-state index in [0.29, 0.717) is 16.3 Å². The molecule has 2 aromatic rings. The molecule has 1 aromatic carbocycles. The topological polar surface area (TPSA) is 110 Å². The lowest BCUT2D eigenvalue weighted by Gasteiger charge is -2.00. The van der Waals surface area contributed by atoms with Crippen molar-refractivity contribution in [2.45, 2.75) is 6.92 Å². The van der Waals surface area contributed by atoms with Crippen LogP contribution in [0.15, 0.2) is 28.2 Å². The molecular weight excluding hydrogens is 262 g/mol. The maximum atomic E-state index is 11.8. The molecule has 0 unspecified atom stereocenters. The third-order valence-electron chi connectivity index (χ3n) is 2.71. The van der Waals surface area contributed by atoms with Crippen LogP contribution in [0.25, 0.3) is 11.3 Å². The molecule has 0 saturated heterocycles. The minimum atomic E-state index is -0.588. The summed E-state index contributed by atoms with van der Waals surface area (Å²) in [5.74, 6) is -0.588. The van der Waals surface area contributed by atoms with Crippen LogP contribution < -0.4 is 10.7 Å². The van der Waals surface area contributed by atoms with Gasteiger partial charge in [-0.25, -0.2) is 9.59 Å². The fraction of sp³-hybridized carbons (Fsp3) is 0.167. The zero-order valence-electron chi connectivity index (χ0n) is 10.5. The van der Waals surface area contributed by atoms with Crippen LogP contribution in [-0.4, -0.2) is 34.0 Å². The number of nitrogens with zero attached hydrogens (tertiary/aromatic N) is 4. The number of fused-ring (bicyclic) bond motifs is 1. The van der Waals surface area contributed by atoms with Gasteiger partial charge in [-0.05, 0) is 13.0 Å². The van der Waals surface area contributed by atoms with Gasteiger partial charge < -0.3 is 4.74 Å². The van der Waals surface area contributed by atoms with Gasteiger partial charge in [-0.3, -0.25) is 0 Å². The van der Waals surface area contributed by atoms with Crippen LogP contribution in [0.4, 0.5) is 4.79 Å². The van der Waals surface area contributed by atoms with Gasteiger partial charge in [0.25, 0.3) is 0 Å². The van der Waals surface area contributed by atoms with E-state index in [-0.39, 0.29) is 18.0 Å². The van der Waals surface area contributed by atoms with Crippen molar-refractivity contribution in [2.75, 3.05) is 6.61 Å². The van der Waals surface area contributed by atoms with Crippen molar-refractivity contribution in [3.8, 4) is 11.3 Å². The largest absolute Gasteiger partial charge is 0.461 e. The normalized spacial score (nSPS) is 12.6. The number of nitrogens with one attached hydrogen (secondary N) is 1. The molecule has 0 aliphatic carbocycles. The Balaban J connectivity index is 2.19. The van der Waals surface area contributed by atoms with E-state index in [1.807, 2.05) is 0 Å². The summed E-state index contributed by atoms with van der Waals surface area (Å²) in [4.78, 5) is 30.6. The molecule has 8 heteroatoms. The molecule has 1 aliphatic heterocycles. The lowest BCUT2D eigenvalue weighted by molar-refractivity contribution is 0.0520. The van der Waals surface area contributed by atoms with E-state index in [9.17, 15) is 9.59 Å². The van der Waals surface area contributed by atoms with Crippen molar-refractivity contribution in [1.29, 1.82) is 0 Å². The number of amides is 2. The number of carbonyl (C=O) groups excluding carboxylic acids is 2. The van der Waals surface area contributed by atoms with E-state index in [1.54, 1.807) is 25.1 Å². The van der Waals surface area contributed by atoms with Crippen molar-refractivity contribution in [2.24, 2.45) is 9.98 Å². The van der Waals surface area contributed by atoms with Gasteiger partial charge in [0.1, 0.15) is 11.1 Å². The first-order valence-electron chi connectivity index (χ1n) is 5.89. The first-order chi connectivity index (χ1) is 9.70. The number of hydrogen-bond donors (Lipinski definition) is 1. The lowest BCUT2D eigenvalue weighted by atomic mass is 10.1. The molecule has 0 spiro atoms. The van der Waals surface area contributed by atoms with Crippen molar-refractivity contribution < 1.29 is 14.3 Å². The average molecular weight is 271 g/mol. The summed E-state index contributed by atoms with van der Waals surface area (Å²) in [6, 6.07) is 4.48. The zero-order chi connectivity index (χ0) is 14.1. The summed E-state index contributed by atoms with van der Waals surface area (Å²) in [6.45, 7) is 1.93. The Labute approximate surface area is 112 Å². The van der Waals surface area contributed by atoms with E-state index < -0.39 is 12.0 Å². The Morgan fingerprint density at radius 2 is 2.15 bits per heavy atom. The number of urea groups is 1. The molecule has 0 bridgehead atoms. The molecule has 2 heterocycles. The quantitative estimate of drug-likeness (QED) is 0.791. The van der Waals surface area contributed by atoms with E-state index >= 15 is 0 Å². The lowest BCUT2D eigenvalue weighted by Crippen LogP contribution is -2.24. The summed E-state index contributed by atoms with van der Waals surface area (Å²) in [5, 5.41) is 10.9. The van der Waals surface area contributed by atoms with Gasteiger partial charge in [0, 0.05) is 5.56 Å². The standard InChI is InChI=1S/C12H9N5O3/c1-2-20-11(18)10-9(15-17-16-10)6-4-3-5-7-8(6)14-12(19)13-7/h3-5H,2H2,1H3,(H,15,16,17). The predicted molar refractivity (Wildman–Crippen MR) is 65.5 cm³/mol. The molecule has 0 atom stereocenters. The van der Waals surface area contributed by atoms with Crippen LogP contribution >= 0.6 is 0 Å². The fourth-order valence-electron chi connectivity index (χ4n) is 1.91. The first kappa shape index (κ1) is 12.2. The Morgan fingerprint density at radius 1 is 1.30 bits per heavy atom. The van der Waals surface area contributed by atoms with E-state index in [0.717, 1.165) is 0 Å². The maximum Gasteiger partial charge on any atom is 0.368 e. The maximum absolute atomic E-state index is 11.8. The number of esters is 1. The van der Waals surface area contributed by atoms with Crippen LogP contribution in [-0.2, 0) is 4.74 Å². The van der Waals surface area contributed by atoms with E-state index in [1.165, 1.54) is 0 Å². The second kappa shape index (κ2) is 4.65. The number of hydrogen-bond acceptors (Lipinski definition) is 5. The van der Waals surface area contributed by atoms with Gasteiger partial charge in [0.2, 0.25) is 0 Å². The smallest absolute Gasteiger partial charge is 0.368 e. The molecule has 0 saturated carbocycles. The molecule has 0 radical (unpaired) electrons. The van der Waals surface area contributed by atoms with Gasteiger partial charge in [-0.1, -0.05) is 12.1 Å². The summed E-state index contributed by atoms with van der Waals surface area (Å²) >= 11 is 0. The first-order valence-corrected chi connectivity index (χ1v) is 5.89. The molecule has 1 aliphatic rings. The third-order valence-corrected chi connectivity index (χ3v) is 2.71. The number of ether oxygens (including phenoxy) is 1. The number of carbonyl (C=O) groups is 2. The van der Waals surface area contributed by atoms with Crippen LogP contribution in [0.5, 0.6) is 0 Å². The minimum Gasteiger partial charge on any atom is -0.461 e. The van der Waals surface area contributed by atoms with Crippen molar-refractivity contribution in [3.63, 3.8) is 0 Å². The van der Waals surface area contributed by atoms with Crippen molar-refractivity contribution >= 4 is 12.0 Å². The molecule has 1 aromatic heterocycles. The zero-order valence-corrected chi connectivity index (χ0v) is 10.5. The SMILES string of the molecule is CCOC(=O)c1n[nH]nc1-c1cccc2c1=NC(=O)N=2. The average Bonchev–Trinajstić information content (AvgIpc) is 3.03. The second-order valence-corrected chi connectivity index (χ2v) is 3.92. The number of para-hydroxylation sites is 1. The summed E-state index contributed by atoms with van der Waals surface area (Å²) in [5.41, 5.74) is 0.845. The molecule has 0 fully saturated rings. The monoisotopic (exact) mass is 271 g/mol. The van der Waals surface area contributed by atoms with Gasteiger partial charge >= 0.3 is 12.0 Å². The Kier molecular flexibility index (Phi) is 2.82. The molecule has 8 nitrogen and oxygen atoms in total. The number of aromatic nitrogens is 3. The van der Waals surface area contributed by atoms with Gasteiger partial charge in [0.05, 0.1) is 12.0 Å². The highest BCUT2D eigenvalue weighted by Crippen LogP contribution is 2.16. The van der Waals surface area contributed by atoms with E-state index in [4.69, 9.17) is 4.74 Å². The fourth-order valence-corrected chi connectivity index (χ4v) is 1.91. The van der Waals surface area contributed by atoms with Crippen LogP contribution in [0.1, 0.15) is 17.4 Å². The molecule has 20 heavy (non-hydrogen) atoms. The van der Waals surface area contributed by atoms with Gasteiger partial charge in [0.15, 0.2) is 5.69 Å². The summed E-state index contributed by atoms with van der Waals surface area (Å²) < 4.78 is 4.91. The highest BCUT2D eigenvalue weighted by atomic mass is 16.5. The number of benzene rings is 1. The summed E-state index contributed by atoms with van der Waals surface area (Å²) in [6.07, 6.45) is 0. The molecule has 100 valence electrons. The predicted octanol–water partition coefficient (Wildman–Crippen LogP) is 0.0212. The van der Waals surface area contributed by atoms with Crippen molar-refractivity contribution in [1.82, 2.24) is 15.4 Å². The van der Waals surface area contributed by atoms with Crippen molar-refractivity contribution in [3.05, 3.63) is 34.6 Å². The van der Waals surface area contributed by atoms with Crippen LogP contribution in [0.3, 0.4) is 0 Å². The summed E-state index contributed by atoms with van der Waals surface area (Å²) in [7, 11) is 0. The number of H-pyrrole nitrogens is 1. The highest BCUT2D eigenvalue weighted by molar-refractivity contribution is 5.94. The Bertz CT molecular complexity index is 824. The minimum absolute atomic E-state index is 0.0507. The molecule has 3 rings (SSSR count). The number of rotatable bonds is 3. The Morgan fingerprint density at radius 3 is 2.95 bits per heavy atom. The molecule has 1 N–H and O–H groups in total. The van der Waals surface area contributed by atoms with Crippen LogP contribution in [0.2, 0.25) is 0 Å². The van der Waals surface area contributed by atoms with Gasteiger partial charge in [-0.15, -0.1) is 5.10 Å². The number of aromatic amines is 1. The third kappa shape index (κ3) is 1.87. The highest BCUT2D eigenvalue weighted by Gasteiger charge is 2.21. The molecule has 2 amide bonds. The van der Waals surface area contributed by atoms with E-state index in [2.05, 4.69) is 25.4 Å².